The molecule has 0 saturated carbocycles. The molecule has 2 heteroatoms. The lowest BCUT2D eigenvalue weighted by atomic mass is 9.99. The highest BCUT2D eigenvalue weighted by Gasteiger charge is 2.19. The van der Waals surface area contributed by atoms with Crippen LogP contribution in [0, 0.1) is 11.7 Å². The molecule has 33 heavy (non-hydrogen) atoms. The Labute approximate surface area is 208 Å². The zero-order chi connectivity index (χ0) is 27.0. The van der Waals surface area contributed by atoms with E-state index in [1.165, 1.54) is 17.7 Å². The van der Waals surface area contributed by atoms with Crippen molar-refractivity contribution in [1.29, 1.82) is 0 Å². The lowest BCUT2D eigenvalue weighted by Crippen LogP contribution is -2.25. The highest BCUT2D eigenvalue weighted by molar-refractivity contribution is 5.59. The normalized spacial score (nSPS) is 10.2. The van der Waals surface area contributed by atoms with Crippen LogP contribution in [0.2, 0.25) is 0 Å². The van der Waals surface area contributed by atoms with Crippen LogP contribution in [0.3, 0.4) is 0 Å². The summed E-state index contributed by atoms with van der Waals surface area (Å²) in [7, 11) is 0. The van der Waals surface area contributed by atoms with Gasteiger partial charge in [0, 0.05) is 17.1 Å². The van der Waals surface area contributed by atoms with E-state index in [-0.39, 0.29) is 5.82 Å². The summed E-state index contributed by atoms with van der Waals surface area (Å²) < 4.78 is 13.4. The summed E-state index contributed by atoms with van der Waals surface area (Å²) in [5.41, 5.74) is 5.45. The highest BCUT2D eigenvalue weighted by Crippen LogP contribution is 2.31. The van der Waals surface area contributed by atoms with Crippen molar-refractivity contribution in [2.75, 3.05) is 4.90 Å². The molecule has 0 fully saturated rings. The van der Waals surface area contributed by atoms with Crippen LogP contribution in [0.15, 0.2) is 72.1 Å². The summed E-state index contributed by atoms with van der Waals surface area (Å²) in [5, 5.41) is 0. The Balaban J connectivity index is -0.000000472. The van der Waals surface area contributed by atoms with E-state index in [0.29, 0.717) is 5.92 Å². The molecule has 0 bridgehead atoms. The number of hydrogen-bond donors (Lipinski definition) is 0. The van der Waals surface area contributed by atoms with E-state index >= 15 is 0 Å². The van der Waals surface area contributed by atoms with Gasteiger partial charge in [0.25, 0.3) is 0 Å². The van der Waals surface area contributed by atoms with Gasteiger partial charge in [0.2, 0.25) is 0 Å². The molecule has 1 aromatic carbocycles. The Kier molecular flexibility index (Phi) is 30.3. The van der Waals surface area contributed by atoms with E-state index in [9.17, 15) is 4.39 Å². The highest BCUT2D eigenvalue weighted by atomic mass is 19.1. The third-order valence-electron chi connectivity index (χ3n) is 4.43. The topological polar surface area (TPSA) is 3.24 Å². The molecule has 0 aliphatic heterocycles. The molecule has 1 atom stereocenters. The van der Waals surface area contributed by atoms with Crippen LogP contribution in [-0.4, -0.2) is 0 Å². The predicted molar refractivity (Wildman–Crippen MR) is 154 cm³/mol. The van der Waals surface area contributed by atoms with Crippen molar-refractivity contribution >= 4 is 5.69 Å². The SMILES string of the molecule is C=CC(/C=C(\CC)N(C(=C)C(C)CCC)c1ccc(F)cc1)=C(C)C.CC.CC.CC.CC. The Morgan fingerprint density at radius 1 is 0.939 bits per heavy atom. The fourth-order valence-corrected chi connectivity index (χ4v) is 2.84. The summed E-state index contributed by atoms with van der Waals surface area (Å²) in [6, 6.07) is 6.64. The van der Waals surface area contributed by atoms with Crippen molar-refractivity contribution < 1.29 is 4.39 Å². The molecule has 0 saturated heterocycles. The van der Waals surface area contributed by atoms with E-state index < -0.39 is 0 Å². The molecular weight excluding hydrogens is 405 g/mol. The van der Waals surface area contributed by atoms with E-state index in [0.717, 1.165) is 41.9 Å². The molecular formula is C31H56FN. The first-order valence-electron chi connectivity index (χ1n) is 13.1. The van der Waals surface area contributed by atoms with Crippen LogP contribution in [0.4, 0.5) is 10.1 Å². The molecule has 0 aromatic heterocycles. The summed E-state index contributed by atoms with van der Waals surface area (Å²) in [6.07, 6.45) is 7.07. The molecule has 192 valence electrons. The van der Waals surface area contributed by atoms with Gasteiger partial charge in [0.15, 0.2) is 0 Å². The first kappa shape index (κ1) is 38.2. The Morgan fingerprint density at radius 2 is 1.39 bits per heavy atom. The lowest BCUT2D eigenvalue weighted by Gasteiger charge is -2.32. The van der Waals surface area contributed by atoms with Gasteiger partial charge in [-0.3, -0.25) is 0 Å². The minimum absolute atomic E-state index is 0.228. The van der Waals surface area contributed by atoms with E-state index in [1.807, 2.05) is 73.6 Å². The maximum absolute atomic E-state index is 13.4. The minimum atomic E-state index is -0.228. The number of benzene rings is 1. The largest absolute Gasteiger partial charge is 0.318 e. The Hall–Kier alpha value is -2.09. The third-order valence-corrected chi connectivity index (χ3v) is 4.43. The first-order chi connectivity index (χ1) is 15.8. The van der Waals surface area contributed by atoms with Crippen molar-refractivity contribution in [3.63, 3.8) is 0 Å². The van der Waals surface area contributed by atoms with Gasteiger partial charge in [-0.1, -0.05) is 107 Å². The molecule has 0 N–H and O–H groups in total. The van der Waals surface area contributed by atoms with Gasteiger partial charge >= 0.3 is 0 Å². The number of halogens is 1. The van der Waals surface area contributed by atoms with Crippen molar-refractivity contribution in [3.8, 4) is 0 Å². The maximum Gasteiger partial charge on any atom is 0.123 e. The van der Waals surface area contributed by atoms with Gasteiger partial charge in [-0.25, -0.2) is 4.39 Å². The number of allylic oxidation sites excluding steroid dienone is 6. The van der Waals surface area contributed by atoms with E-state index in [1.54, 1.807) is 0 Å². The Bertz CT molecular complexity index is 646. The molecule has 1 nitrogen and oxygen atoms in total. The van der Waals surface area contributed by atoms with Gasteiger partial charge < -0.3 is 4.90 Å². The zero-order valence-electron chi connectivity index (χ0n) is 24.4. The lowest BCUT2D eigenvalue weighted by molar-refractivity contribution is 0.587. The van der Waals surface area contributed by atoms with Crippen LogP contribution in [-0.2, 0) is 0 Å². The van der Waals surface area contributed by atoms with Crippen LogP contribution in [0.5, 0.6) is 0 Å². The average Bonchev–Trinajstić information content (AvgIpc) is 2.87. The first-order valence-corrected chi connectivity index (χ1v) is 13.1. The third kappa shape index (κ3) is 15.4. The standard InChI is InChI=1S/C23H32FN.4C2H6/c1-8-11-18(6)19(7)25(23-14-12-21(24)13-15-23)22(10-3)16-20(9-2)17(4)5;4*1-2/h9,12-16,18H,2,7-8,10-11H2,1,3-6H3;4*1-2H3/b22-16+;;;;. The molecule has 0 aliphatic rings. The van der Waals surface area contributed by atoms with Crippen molar-refractivity contribution in [3.05, 3.63) is 77.9 Å². The number of rotatable bonds is 9. The molecule has 0 spiro atoms. The molecule has 1 unspecified atom stereocenters. The molecule has 0 aliphatic carbocycles. The van der Waals surface area contributed by atoms with Gasteiger partial charge in [-0.2, -0.15) is 0 Å². The van der Waals surface area contributed by atoms with Crippen LogP contribution < -0.4 is 4.90 Å². The monoisotopic (exact) mass is 461 g/mol. The predicted octanol–water partition coefficient (Wildman–Crippen LogP) is 11.5. The van der Waals surface area contributed by atoms with Gasteiger partial charge in [0.1, 0.15) is 5.82 Å². The van der Waals surface area contributed by atoms with Gasteiger partial charge in [-0.15, -0.1) is 0 Å². The second kappa shape index (κ2) is 26.2. The van der Waals surface area contributed by atoms with E-state index in [4.69, 9.17) is 0 Å². The second-order valence-corrected chi connectivity index (χ2v) is 6.64. The number of anilines is 1. The molecule has 0 radical (unpaired) electrons. The van der Waals surface area contributed by atoms with Gasteiger partial charge in [0.05, 0.1) is 0 Å². The maximum atomic E-state index is 13.4. The number of nitrogens with zero attached hydrogens (tertiary/aromatic N) is 1. The summed E-state index contributed by atoms with van der Waals surface area (Å²) in [5.74, 6) is 0.123. The van der Waals surface area contributed by atoms with Crippen molar-refractivity contribution in [2.45, 2.75) is 109 Å². The molecule has 0 amide bonds. The fraction of sp³-hybridized carbons (Fsp3) is 0.548. The van der Waals surface area contributed by atoms with Crippen LogP contribution in [0.1, 0.15) is 109 Å². The van der Waals surface area contributed by atoms with Crippen LogP contribution in [0.25, 0.3) is 0 Å². The average molecular weight is 462 g/mol. The molecule has 1 aromatic rings. The summed E-state index contributed by atoms with van der Waals surface area (Å²) >= 11 is 0. The minimum Gasteiger partial charge on any atom is -0.318 e. The molecule has 0 heterocycles. The van der Waals surface area contributed by atoms with E-state index in [2.05, 4.69) is 58.8 Å². The van der Waals surface area contributed by atoms with Crippen molar-refractivity contribution in [2.24, 2.45) is 5.92 Å². The van der Waals surface area contributed by atoms with Gasteiger partial charge in [-0.05, 0) is 68.5 Å². The Morgan fingerprint density at radius 3 is 1.73 bits per heavy atom. The summed E-state index contributed by atoms with van der Waals surface area (Å²) in [4.78, 5) is 2.17. The quantitative estimate of drug-likeness (QED) is 0.330. The number of hydrogen-bond acceptors (Lipinski definition) is 1. The smallest absolute Gasteiger partial charge is 0.123 e. The fourth-order valence-electron chi connectivity index (χ4n) is 2.84. The van der Waals surface area contributed by atoms with Crippen LogP contribution >= 0.6 is 0 Å². The summed E-state index contributed by atoms with van der Waals surface area (Å²) in [6.45, 7) is 35.0. The zero-order valence-corrected chi connectivity index (χ0v) is 24.4. The second-order valence-electron chi connectivity index (χ2n) is 6.64. The molecule has 1 rings (SSSR count). The van der Waals surface area contributed by atoms with Crippen molar-refractivity contribution in [1.82, 2.24) is 0 Å².